The zero-order valence-electron chi connectivity index (χ0n) is 8.68. The number of aryl methyl sites for hydroxylation is 1. The molecule has 1 aromatic heterocycles. The largest absolute Gasteiger partial charge is 0.427 e. The fourth-order valence-electron chi connectivity index (χ4n) is 1.38. The van der Waals surface area contributed by atoms with Gasteiger partial charge in [-0.05, 0) is 31.2 Å². The van der Waals surface area contributed by atoms with E-state index >= 15 is 0 Å². The number of nitrogens with zero attached hydrogens (tertiary/aromatic N) is 1. The van der Waals surface area contributed by atoms with Gasteiger partial charge in [0.1, 0.15) is 15.7 Å². The molecule has 0 unspecified atom stereocenters. The average molecular weight is 261 g/mol. The van der Waals surface area contributed by atoms with Crippen molar-refractivity contribution in [3.8, 4) is 10.6 Å². The topological polar surface area (TPSA) is 12.9 Å². The first-order chi connectivity index (χ1) is 7.88. The van der Waals surface area contributed by atoms with Gasteiger partial charge in [-0.25, -0.2) is 9.37 Å². The molecule has 0 atom stereocenters. The lowest BCUT2D eigenvalue weighted by molar-refractivity contribution is -0.134. The van der Waals surface area contributed by atoms with Gasteiger partial charge in [0, 0.05) is 5.56 Å². The standard InChI is InChI=1S/C11H7F4NS/c1-6-9(11(13,14)15)17-10(16-6)7-2-4-8(12)5-3-7/h2-5H,1H3. The van der Waals surface area contributed by atoms with Crippen molar-refractivity contribution in [2.45, 2.75) is 13.1 Å². The second-order valence-electron chi connectivity index (χ2n) is 3.44. The maximum Gasteiger partial charge on any atom is 0.427 e. The van der Waals surface area contributed by atoms with Crippen LogP contribution < -0.4 is 0 Å². The van der Waals surface area contributed by atoms with Crippen molar-refractivity contribution in [1.29, 1.82) is 0 Å². The Kier molecular flexibility index (Phi) is 2.91. The molecule has 0 aliphatic carbocycles. The molecule has 2 rings (SSSR count). The first-order valence-electron chi connectivity index (χ1n) is 4.68. The first kappa shape index (κ1) is 12.0. The molecule has 0 fully saturated rings. The molecule has 6 heteroatoms. The van der Waals surface area contributed by atoms with Gasteiger partial charge in [0.2, 0.25) is 0 Å². The highest BCUT2D eigenvalue weighted by molar-refractivity contribution is 7.15. The molecule has 0 spiro atoms. The van der Waals surface area contributed by atoms with Crippen LogP contribution in [0.2, 0.25) is 0 Å². The van der Waals surface area contributed by atoms with Gasteiger partial charge in [0.25, 0.3) is 0 Å². The maximum absolute atomic E-state index is 12.7. The van der Waals surface area contributed by atoms with Crippen molar-refractivity contribution in [2.75, 3.05) is 0 Å². The van der Waals surface area contributed by atoms with Crippen LogP contribution in [0.4, 0.5) is 17.6 Å². The van der Waals surface area contributed by atoms with Gasteiger partial charge in [0.15, 0.2) is 0 Å². The number of rotatable bonds is 1. The molecule has 2 aromatic rings. The molecule has 0 aliphatic heterocycles. The van der Waals surface area contributed by atoms with Crippen LogP contribution in [0, 0.1) is 12.7 Å². The van der Waals surface area contributed by atoms with E-state index in [1.54, 1.807) is 0 Å². The third kappa shape index (κ3) is 2.46. The van der Waals surface area contributed by atoms with E-state index in [4.69, 9.17) is 0 Å². The van der Waals surface area contributed by atoms with E-state index < -0.39 is 16.9 Å². The van der Waals surface area contributed by atoms with Crippen molar-refractivity contribution in [3.63, 3.8) is 0 Å². The number of hydrogen-bond acceptors (Lipinski definition) is 2. The Morgan fingerprint density at radius 3 is 2.18 bits per heavy atom. The summed E-state index contributed by atoms with van der Waals surface area (Å²) in [5, 5.41) is 0.245. The summed E-state index contributed by atoms with van der Waals surface area (Å²) in [4.78, 5) is 3.14. The minimum atomic E-state index is -4.39. The molecule has 17 heavy (non-hydrogen) atoms. The lowest BCUT2D eigenvalue weighted by Crippen LogP contribution is -2.03. The van der Waals surface area contributed by atoms with E-state index in [1.165, 1.54) is 31.2 Å². The third-order valence-corrected chi connectivity index (χ3v) is 3.40. The van der Waals surface area contributed by atoms with Crippen LogP contribution in [0.25, 0.3) is 10.6 Å². The molecule has 0 amide bonds. The molecule has 0 aliphatic rings. The molecule has 0 radical (unpaired) electrons. The maximum atomic E-state index is 12.7. The Morgan fingerprint density at radius 2 is 1.71 bits per heavy atom. The minimum Gasteiger partial charge on any atom is -0.241 e. The fraction of sp³-hybridized carbons (Fsp3) is 0.182. The van der Waals surface area contributed by atoms with Gasteiger partial charge in [0.05, 0.1) is 5.69 Å². The SMILES string of the molecule is Cc1nc(-c2ccc(F)cc2)sc1C(F)(F)F. The first-order valence-corrected chi connectivity index (χ1v) is 5.50. The zero-order valence-corrected chi connectivity index (χ0v) is 9.49. The predicted molar refractivity (Wildman–Crippen MR) is 57.2 cm³/mol. The number of alkyl halides is 3. The fourth-order valence-corrected chi connectivity index (χ4v) is 2.31. The number of benzene rings is 1. The van der Waals surface area contributed by atoms with Crippen molar-refractivity contribution in [2.24, 2.45) is 0 Å². The molecular weight excluding hydrogens is 254 g/mol. The van der Waals surface area contributed by atoms with Crippen LogP contribution in [-0.4, -0.2) is 4.98 Å². The van der Waals surface area contributed by atoms with E-state index in [9.17, 15) is 17.6 Å². The quantitative estimate of drug-likeness (QED) is 0.698. The summed E-state index contributed by atoms with van der Waals surface area (Å²) in [5.41, 5.74) is 0.428. The Balaban J connectivity index is 2.45. The zero-order chi connectivity index (χ0) is 12.6. The van der Waals surface area contributed by atoms with Crippen LogP contribution >= 0.6 is 11.3 Å². The molecule has 0 saturated heterocycles. The highest BCUT2D eigenvalue weighted by Gasteiger charge is 2.35. The van der Waals surface area contributed by atoms with Gasteiger partial charge in [-0.15, -0.1) is 11.3 Å². The van der Waals surface area contributed by atoms with E-state index in [2.05, 4.69) is 4.98 Å². The molecule has 90 valence electrons. The molecule has 1 nitrogen and oxygen atoms in total. The predicted octanol–water partition coefficient (Wildman–Crippen LogP) is 4.28. The summed E-state index contributed by atoms with van der Waals surface area (Å²) in [6.07, 6.45) is -4.39. The molecule has 0 saturated carbocycles. The van der Waals surface area contributed by atoms with Crippen molar-refractivity contribution < 1.29 is 17.6 Å². The summed E-state index contributed by atoms with van der Waals surface area (Å²) in [6, 6.07) is 5.21. The summed E-state index contributed by atoms with van der Waals surface area (Å²) >= 11 is 0.567. The van der Waals surface area contributed by atoms with Crippen molar-refractivity contribution in [1.82, 2.24) is 4.98 Å². The smallest absolute Gasteiger partial charge is 0.241 e. The summed E-state index contributed by atoms with van der Waals surface area (Å²) in [7, 11) is 0. The number of thiazole rings is 1. The average Bonchev–Trinajstić information content (AvgIpc) is 2.61. The van der Waals surface area contributed by atoms with Crippen molar-refractivity contribution in [3.05, 3.63) is 40.7 Å². The Hall–Kier alpha value is -1.43. The lowest BCUT2D eigenvalue weighted by atomic mass is 10.2. The molecule has 0 bridgehead atoms. The summed E-state index contributed by atoms with van der Waals surface area (Å²) < 4.78 is 50.3. The van der Waals surface area contributed by atoms with Crippen LogP contribution in [0.3, 0.4) is 0 Å². The Labute approximate surface area is 98.7 Å². The number of hydrogen-bond donors (Lipinski definition) is 0. The second-order valence-corrected chi connectivity index (χ2v) is 4.44. The highest BCUT2D eigenvalue weighted by Crippen LogP contribution is 2.39. The molecule has 1 aromatic carbocycles. The minimum absolute atomic E-state index is 0.0539. The number of halogens is 4. The second kappa shape index (κ2) is 4.10. The number of aromatic nitrogens is 1. The van der Waals surface area contributed by atoms with Gasteiger partial charge in [-0.2, -0.15) is 13.2 Å². The van der Waals surface area contributed by atoms with E-state index in [0.717, 1.165) is 0 Å². The van der Waals surface area contributed by atoms with Gasteiger partial charge < -0.3 is 0 Å². The van der Waals surface area contributed by atoms with E-state index in [-0.39, 0.29) is 10.7 Å². The van der Waals surface area contributed by atoms with Crippen LogP contribution in [-0.2, 0) is 6.18 Å². The van der Waals surface area contributed by atoms with E-state index in [0.29, 0.717) is 16.9 Å². The summed E-state index contributed by atoms with van der Waals surface area (Å²) in [6.45, 7) is 1.31. The van der Waals surface area contributed by atoms with Gasteiger partial charge >= 0.3 is 6.18 Å². The third-order valence-electron chi connectivity index (χ3n) is 2.15. The van der Waals surface area contributed by atoms with Crippen LogP contribution in [0.5, 0.6) is 0 Å². The summed E-state index contributed by atoms with van der Waals surface area (Å²) in [5.74, 6) is -0.432. The highest BCUT2D eigenvalue weighted by atomic mass is 32.1. The van der Waals surface area contributed by atoms with Gasteiger partial charge in [-0.3, -0.25) is 0 Å². The Bertz CT molecular complexity index is 527. The van der Waals surface area contributed by atoms with Gasteiger partial charge in [-0.1, -0.05) is 0 Å². The monoisotopic (exact) mass is 261 g/mol. The van der Waals surface area contributed by atoms with E-state index in [1.807, 2.05) is 0 Å². The van der Waals surface area contributed by atoms with Crippen molar-refractivity contribution >= 4 is 11.3 Å². The lowest BCUT2D eigenvalue weighted by Gasteiger charge is -2.01. The van der Waals surface area contributed by atoms with Crippen LogP contribution in [0.1, 0.15) is 10.6 Å². The molecule has 1 heterocycles. The normalized spacial score (nSPS) is 11.8. The molecular formula is C11H7F4NS. The Morgan fingerprint density at radius 1 is 1.12 bits per heavy atom. The van der Waals surface area contributed by atoms with Crippen LogP contribution in [0.15, 0.2) is 24.3 Å². The molecule has 0 N–H and O–H groups in total.